The molecular formula is C13H14BrF2NOS. The number of halogens is 3. The second kappa shape index (κ2) is 5.40. The molecule has 0 heterocycles. The van der Waals surface area contributed by atoms with Crippen LogP contribution in [0.15, 0.2) is 27.1 Å². The number of rotatable bonds is 2. The highest BCUT2D eigenvalue weighted by atomic mass is 79.9. The summed E-state index contributed by atoms with van der Waals surface area (Å²) in [5.74, 6) is -2.84. The second-order valence-electron chi connectivity index (χ2n) is 4.76. The molecule has 104 valence electrons. The van der Waals surface area contributed by atoms with Crippen molar-refractivity contribution in [2.75, 3.05) is 0 Å². The van der Waals surface area contributed by atoms with Crippen molar-refractivity contribution in [2.45, 2.75) is 37.9 Å². The molecule has 1 atom stereocenters. The number of benzene rings is 1. The van der Waals surface area contributed by atoms with Crippen LogP contribution in [0.25, 0.3) is 0 Å². The normalized spacial score (nSPS) is 21.5. The van der Waals surface area contributed by atoms with Crippen molar-refractivity contribution >= 4 is 32.6 Å². The van der Waals surface area contributed by atoms with Crippen LogP contribution < -0.4 is 0 Å². The lowest BCUT2D eigenvalue weighted by atomic mass is 9.87. The van der Waals surface area contributed by atoms with E-state index in [-0.39, 0.29) is 23.7 Å². The van der Waals surface area contributed by atoms with Gasteiger partial charge in [-0.05, 0) is 32.4 Å². The standard InChI is InChI=1S/C13H14BrF2NOS/c1-8(2)19(18)17-12-5-6-13(15,16)11-4-3-9(14)7-10(11)12/h3-4,7-8H,5-6H2,1-2H3. The molecule has 1 unspecified atom stereocenters. The third-order valence-corrected chi connectivity index (χ3v) is 4.67. The van der Waals surface area contributed by atoms with Crippen LogP contribution in [0.4, 0.5) is 8.78 Å². The van der Waals surface area contributed by atoms with Crippen LogP contribution >= 0.6 is 15.9 Å². The lowest BCUT2D eigenvalue weighted by Gasteiger charge is -2.26. The van der Waals surface area contributed by atoms with Gasteiger partial charge in [-0.15, -0.1) is 0 Å². The van der Waals surface area contributed by atoms with Crippen molar-refractivity contribution in [1.29, 1.82) is 0 Å². The van der Waals surface area contributed by atoms with Crippen molar-refractivity contribution in [3.63, 3.8) is 0 Å². The van der Waals surface area contributed by atoms with Gasteiger partial charge in [0.2, 0.25) is 0 Å². The van der Waals surface area contributed by atoms with Gasteiger partial charge in [-0.1, -0.05) is 22.0 Å². The third-order valence-electron chi connectivity index (χ3n) is 2.97. The predicted octanol–water partition coefficient (Wildman–Crippen LogP) is 4.20. The Kier molecular flexibility index (Phi) is 4.20. The summed E-state index contributed by atoms with van der Waals surface area (Å²) in [7, 11) is -1.38. The first-order valence-electron chi connectivity index (χ1n) is 5.98. The molecule has 1 aromatic carbocycles. The number of nitrogens with zero attached hydrogens (tertiary/aromatic N) is 1. The maximum Gasteiger partial charge on any atom is 0.274 e. The summed E-state index contributed by atoms with van der Waals surface area (Å²) in [6.45, 7) is 3.58. The number of hydrogen-bond donors (Lipinski definition) is 0. The molecule has 0 spiro atoms. The average molecular weight is 350 g/mol. The predicted molar refractivity (Wildman–Crippen MR) is 77.1 cm³/mol. The maximum absolute atomic E-state index is 13.9. The van der Waals surface area contributed by atoms with Gasteiger partial charge in [-0.3, -0.25) is 0 Å². The highest BCUT2D eigenvalue weighted by molar-refractivity contribution is 9.10. The van der Waals surface area contributed by atoms with Gasteiger partial charge in [0.1, 0.15) is 11.0 Å². The van der Waals surface area contributed by atoms with Crippen molar-refractivity contribution in [3.05, 3.63) is 33.8 Å². The van der Waals surface area contributed by atoms with Crippen LogP contribution in [-0.4, -0.2) is 15.2 Å². The molecule has 0 bridgehead atoms. The van der Waals surface area contributed by atoms with Gasteiger partial charge in [-0.25, -0.2) is 13.0 Å². The Morgan fingerprint density at radius 1 is 1.42 bits per heavy atom. The van der Waals surface area contributed by atoms with Crippen LogP contribution in [0.2, 0.25) is 0 Å². The van der Waals surface area contributed by atoms with Crippen LogP contribution in [-0.2, 0) is 16.9 Å². The molecule has 0 radical (unpaired) electrons. The molecule has 0 amide bonds. The van der Waals surface area contributed by atoms with Crippen LogP contribution in [0.5, 0.6) is 0 Å². The Morgan fingerprint density at radius 3 is 2.74 bits per heavy atom. The molecule has 6 heteroatoms. The van der Waals surface area contributed by atoms with E-state index in [0.29, 0.717) is 15.7 Å². The zero-order chi connectivity index (χ0) is 14.2. The molecule has 0 saturated heterocycles. The molecule has 2 nitrogen and oxygen atoms in total. The Labute approximate surface area is 122 Å². The van der Waals surface area contributed by atoms with E-state index in [0.717, 1.165) is 0 Å². The summed E-state index contributed by atoms with van der Waals surface area (Å²) < 4.78 is 44.3. The third kappa shape index (κ3) is 3.11. The van der Waals surface area contributed by atoms with E-state index in [1.54, 1.807) is 26.0 Å². The van der Waals surface area contributed by atoms with E-state index < -0.39 is 16.9 Å². The molecule has 1 aliphatic rings. The molecular weight excluding hydrogens is 336 g/mol. The van der Waals surface area contributed by atoms with Gasteiger partial charge in [-0.2, -0.15) is 4.40 Å². The first-order valence-corrected chi connectivity index (χ1v) is 7.94. The van der Waals surface area contributed by atoms with Crippen molar-refractivity contribution in [3.8, 4) is 0 Å². The molecule has 19 heavy (non-hydrogen) atoms. The summed E-state index contributed by atoms with van der Waals surface area (Å²) in [5, 5.41) is -0.120. The van der Waals surface area contributed by atoms with E-state index in [1.165, 1.54) is 6.07 Å². The average Bonchev–Trinajstić information content (AvgIpc) is 2.32. The zero-order valence-corrected chi connectivity index (χ0v) is 13.0. The minimum Gasteiger partial charge on any atom is -0.235 e. The largest absolute Gasteiger partial charge is 0.274 e. The van der Waals surface area contributed by atoms with Gasteiger partial charge in [0.15, 0.2) is 0 Å². The SMILES string of the molecule is CC(C)S(=O)N=C1CCC(F)(F)c2ccc(Br)cc21. The van der Waals surface area contributed by atoms with Gasteiger partial charge in [0.25, 0.3) is 5.92 Å². The van der Waals surface area contributed by atoms with Crippen molar-refractivity contribution < 1.29 is 13.0 Å². The molecule has 0 saturated carbocycles. The van der Waals surface area contributed by atoms with E-state index >= 15 is 0 Å². The molecule has 1 aliphatic carbocycles. The highest BCUT2D eigenvalue weighted by Gasteiger charge is 2.39. The lowest BCUT2D eigenvalue weighted by molar-refractivity contribution is -0.0139. The molecule has 2 rings (SSSR count). The van der Waals surface area contributed by atoms with E-state index in [1.807, 2.05) is 0 Å². The molecule has 0 N–H and O–H groups in total. The number of fused-ring (bicyclic) bond motifs is 1. The summed E-state index contributed by atoms with van der Waals surface area (Å²) in [5.41, 5.74) is 0.885. The van der Waals surface area contributed by atoms with Gasteiger partial charge < -0.3 is 0 Å². The van der Waals surface area contributed by atoms with Gasteiger partial charge in [0, 0.05) is 22.0 Å². The number of alkyl halides is 2. The van der Waals surface area contributed by atoms with Crippen LogP contribution in [0.1, 0.15) is 37.8 Å². The Bertz CT molecular complexity index is 558. The quantitative estimate of drug-likeness (QED) is 0.786. The minimum absolute atomic E-state index is 0.0264. The smallest absolute Gasteiger partial charge is 0.235 e. The molecule has 1 aromatic rings. The minimum atomic E-state index is -2.84. The second-order valence-corrected chi connectivity index (χ2v) is 7.35. The first-order chi connectivity index (χ1) is 8.81. The fourth-order valence-corrected chi connectivity index (χ4v) is 2.91. The zero-order valence-electron chi connectivity index (χ0n) is 10.6. The van der Waals surface area contributed by atoms with E-state index in [4.69, 9.17) is 0 Å². The fraction of sp³-hybridized carbons (Fsp3) is 0.462. The Balaban J connectivity index is 2.52. The topological polar surface area (TPSA) is 29.4 Å². The van der Waals surface area contributed by atoms with E-state index in [2.05, 4.69) is 20.3 Å². The molecule has 0 aliphatic heterocycles. The lowest BCUT2D eigenvalue weighted by Crippen LogP contribution is -2.26. The fourth-order valence-electron chi connectivity index (χ4n) is 1.93. The van der Waals surface area contributed by atoms with Gasteiger partial charge >= 0.3 is 0 Å². The highest BCUT2D eigenvalue weighted by Crippen LogP contribution is 2.41. The monoisotopic (exact) mass is 349 g/mol. The van der Waals surface area contributed by atoms with Crippen molar-refractivity contribution in [1.82, 2.24) is 0 Å². The van der Waals surface area contributed by atoms with Crippen LogP contribution in [0, 0.1) is 0 Å². The van der Waals surface area contributed by atoms with Gasteiger partial charge in [0.05, 0.1) is 11.0 Å². The summed E-state index contributed by atoms with van der Waals surface area (Å²) in [6, 6.07) is 4.63. The molecule has 0 aromatic heterocycles. The first kappa shape index (κ1) is 14.8. The molecule has 0 fully saturated rings. The van der Waals surface area contributed by atoms with Crippen molar-refractivity contribution in [2.24, 2.45) is 4.40 Å². The Hall–Kier alpha value is -0.620. The summed E-state index contributed by atoms with van der Waals surface area (Å²) >= 11 is 3.27. The van der Waals surface area contributed by atoms with Crippen LogP contribution in [0.3, 0.4) is 0 Å². The maximum atomic E-state index is 13.9. The van der Waals surface area contributed by atoms with E-state index in [9.17, 15) is 13.0 Å². The number of hydrogen-bond acceptors (Lipinski definition) is 1. The summed E-state index contributed by atoms with van der Waals surface area (Å²) in [6.07, 6.45) is -0.134. The summed E-state index contributed by atoms with van der Waals surface area (Å²) in [4.78, 5) is 0. The Morgan fingerprint density at radius 2 is 2.11 bits per heavy atom.